The Kier molecular flexibility index (Phi) is 7.10. The molecule has 0 unspecified atom stereocenters. The Hall–Kier alpha value is -4.10. The van der Waals surface area contributed by atoms with Gasteiger partial charge in [0, 0.05) is 0 Å². The van der Waals surface area contributed by atoms with Gasteiger partial charge < -0.3 is 10.4 Å². The lowest BCUT2D eigenvalue weighted by atomic mass is 10.3. The molecule has 2 aliphatic rings. The van der Waals surface area contributed by atoms with Crippen molar-refractivity contribution in [2.45, 2.75) is 12.8 Å². The van der Waals surface area contributed by atoms with Crippen molar-refractivity contribution in [1.82, 2.24) is 21.3 Å². The monoisotopic (exact) mass is 368 g/mol. The molecule has 14 nitrogen and oxygen atoms in total. The summed E-state index contributed by atoms with van der Waals surface area (Å²) in [5.41, 5.74) is 0. The van der Waals surface area contributed by atoms with Crippen molar-refractivity contribution in [2.75, 3.05) is 0 Å². The van der Waals surface area contributed by atoms with E-state index >= 15 is 0 Å². The fourth-order valence-electron chi connectivity index (χ4n) is 1.40. The molecular weight excluding hydrogens is 356 g/mol. The van der Waals surface area contributed by atoms with Gasteiger partial charge in [-0.25, -0.2) is 9.59 Å². The van der Waals surface area contributed by atoms with Gasteiger partial charge in [0.2, 0.25) is 48.4 Å². The highest BCUT2D eigenvalue weighted by Gasteiger charge is 2.20. The van der Waals surface area contributed by atoms with Crippen LogP contribution in [0.5, 0.6) is 0 Å². The number of nitrogens with one attached hydrogen (secondary N) is 4. The van der Waals surface area contributed by atoms with Gasteiger partial charge in [-0.1, -0.05) is 0 Å². The highest BCUT2D eigenvalue weighted by molar-refractivity contribution is 6.14. The Balaban J connectivity index is 0.000000195. The molecule has 2 saturated heterocycles. The van der Waals surface area contributed by atoms with Crippen LogP contribution in [0, 0.1) is 10.4 Å². The predicted octanol–water partition coefficient (Wildman–Crippen LogP) is -3.56. The first kappa shape index (κ1) is 19.9. The van der Waals surface area contributed by atoms with Gasteiger partial charge in [-0.3, -0.25) is 40.4 Å². The molecule has 0 radical (unpaired) electrons. The summed E-state index contributed by atoms with van der Waals surface area (Å²) in [6.07, 6.45) is 4.01. The molecule has 0 bridgehead atoms. The highest BCUT2D eigenvalue weighted by atomic mass is 16.5. The molecule has 3 heterocycles. The zero-order valence-corrected chi connectivity index (χ0v) is 12.9. The first-order chi connectivity index (χ1) is 12.2. The van der Waals surface area contributed by atoms with Crippen molar-refractivity contribution in [1.29, 1.82) is 0 Å². The third kappa shape index (κ3) is 7.95. The first-order valence-electron chi connectivity index (χ1n) is 6.70. The summed E-state index contributed by atoms with van der Waals surface area (Å²) < 4.78 is 1.10. The fourth-order valence-corrected chi connectivity index (χ4v) is 1.40. The van der Waals surface area contributed by atoms with Crippen LogP contribution < -0.4 is 30.7 Å². The van der Waals surface area contributed by atoms with Crippen LogP contribution in [0.3, 0.4) is 0 Å². The van der Waals surface area contributed by atoms with E-state index in [9.17, 15) is 39.2 Å². The van der Waals surface area contributed by atoms with Gasteiger partial charge in [0.15, 0.2) is 0 Å². The van der Waals surface area contributed by atoms with Gasteiger partial charge in [-0.05, 0) is 0 Å². The van der Waals surface area contributed by atoms with Crippen LogP contribution in [0.1, 0.15) is 12.8 Å². The summed E-state index contributed by atoms with van der Waals surface area (Å²) >= 11 is 0. The topological polar surface area (TPSA) is 204 Å². The number of carbonyl (C=O) groups is 6. The van der Waals surface area contributed by atoms with Crippen LogP contribution in [-0.2, 0) is 19.2 Å². The number of urea groups is 2. The van der Waals surface area contributed by atoms with E-state index in [-0.39, 0.29) is 12.8 Å². The van der Waals surface area contributed by atoms with Crippen LogP contribution in [0.25, 0.3) is 0 Å². The largest absolute Gasteiger partial charge is 0.618 e. The Bertz CT molecular complexity index is 593. The van der Waals surface area contributed by atoms with Gasteiger partial charge in [0.25, 0.3) is 0 Å². The van der Waals surface area contributed by atoms with E-state index in [2.05, 4.69) is 0 Å². The second kappa shape index (κ2) is 9.26. The molecule has 1 aromatic rings. The number of hydrogen-bond acceptors (Lipinski definition) is 8. The highest BCUT2D eigenvalue weighted by Crippen LogP contribution is 1.86. The van der Waals surface area contributed by atoms with Crippen molar-refractivity contribution >= 4 is 35.7 Å². The smallest absolute Gasteiger partial charge is 0.328 e. The van der Waals surface area contributed by atoms with Gasteiger partial charge in [-0.15, -0.1) is 0 Å². The number of nitrogens with zero attached hydrogens (tertiary/aromatic N) is 2. The van der Waals surface area contributed by atoms with Crippen molar-refractivity contribution in [2.24, 2.45) is 0 Å². The van der Waals surface area contributed by atoms with E-state index in [4.69, 9.17) is 0 Å². The molecular formula is C12H12N6O8. The molecule has 3 rings (SSSR count). The van der Waals surface area contributed by atoms with Gasteiger partial charge in [0.1, 0.15) is 12.8 Å². The lowest BCUT2D eigenvalue weighted by molar-refractivity contribution is -0.665. The summed E-state index contributed by atoms with van der Waals surface area (Å²) in [6, 6.07) is -1.48. The lowest BCUT2D eigenvalue weighted by Gasteiger charge is -2.09. The van der Waals surface area contributed by atoms with Crippen molar-refractivity contribution in [3.63, 3.8) is 0 Å². The van der Waals surface area contributed by atoms with Crippen LogP contribution in [0.4, 0.5) is 9.59 Å². The maximum absolute atomic E-state index is 10.3. The number of rotatable bonds is 0. The second-order valence-electron chi connectivity index (χ2n) is 4.52. The predicted molar refractivity (Wildman–Crippen MR) is 77.0 cm³/mol. The summed E-state index contributed by atoms with van der Waals surface area (Å²) in [4.78, 5) is 61.6. The number of hydrogen-bond donors (Lipinski definition) is 4. The zero-order valence-electron chi connectivity index (χ0n) is 12.9. The number of aromatic nitrogens is 2. The molecule has 0 saturated carbocycles. The molecule has 0 atom stereocenters. The van der Waals surface area contributed by atoms with Crippen LogP contribution >= 0.6 is 0 Å². The van der Waals surface area contributed by atoms with Crippen molar-refractivity contribution < 1.29 is 38.2 Å². The standard InChI is InChI=1S/2C4H4N2O3.C4H4N2O2/c2*7-2-1-3(8)6-4(9)5-2;7-5-1-2-6(8)4-3-5/h2*1H2,(H2,5,6,7,8,9);1-4H. The number of imide groups is 4. The molecule has 1 aromatic heterocycles. The molecule has 2 aliphatic heterocycles. The normalized spacial score (nSPS) is 15.8. The lowest BCUT2D eigenvalue weighted by Crippen LogP contribution is -2.49. The average Bonchev–Trinajstić information content (AvgIpc) is 2.48. The minimum atomic E-state index is -0.740. The molecule has 138 valence electrons. The van der Waals surface area contributed by atoms with Gasteiger partial charge in [0.05, 0.1) is 0 Å². The van der Waals surface area contributed by atoms with Crippen molar-refractivity contribution in [3.05, 3.63) is 35.2 Å². The number of carbonyl (C=O) groups excluding carboxylic acids is 6. The van der Waals surface area contributed by atoms with Gasteiger partial charge >= 0.3 is 12.1 Å². The molecule has 14 heteroatoms. The van der Waals surface area contributed by atoms with Crippen LogP contribution in [0.15, 0.2) is 24.8 Å². The molecule has 0 spiro atoms. The van der Waals surface area contributed by atoms with E-state index < -0.39 is 35.7 Å². The molecule has 0 aliphatic carbocycles. The molecule has 2 fully saturated rings. The van der Waals surface area contributed by atoms with E-state index in [1.54, 1.807) is 0 Å². The van der Waals surface area contributed by atoms with E-state index in [0.29, 0.717) is 9.46 Å². The van der Waals surface area contributed by atoms with Crippen molar-refractivity contribution in [3.8, 4) is 0 Å². The Morgan fingerprint density at radius 3 is 1.00 bits per heavy atom. The van der Waals surface area contributed by atoms with Crippen LogP contribution in [-0.4, -0.2) is 35.7 Å². The minimum absolute atomic E-state index is 0.258. The van der Waals surface area contributed by atoms with Crippen LogP contribution in [0.2, 0.25) is 0 Å². The minimum Gasteiger partial charge on any atom is -0.618 e. The average molecular weight is 368 g/mol. The number of barbiturate groups is 2. The van der Waals surface area contributed by atoms with Gasteiger partial charge in [-0.2, -0.15) is 9.46 Å². The molecule has 4 N–H and O–H groups in total. The Labute approximate surface area is 144 Å². The summed E-state index contributed by atoms with van der Waals surface area (Å²) in [6.45, 7) is 0. The SMILES string of the molecule is O=C1CC(=O)NC(=O)N1.O=C1CC(=O)NC(=O)N1.[O-][n+]1cc[n+]([O-])cc1. The van der Waals surface area contributed by atoms with E-state index in [1.165, 1.54) is 0 Å². The summed E-state index contributed by atoms with van der Waals surface area (Å²) in [7, 11) is 0. The Morgan fingerprint density at radius 2 is 0.808 bits per heavy atom. The number of amides is 8. The molecule has 8 amide bonds. The summed E-state index contributed by atoms with van der Waals surface area (Å²) in [5.74, 6) is -2.21. The molecule has 26 heavy (non-hydrogen) atoms. The summed E-state index contributed by atoms with van der Waals surface area (Å²) in [5, 5.41) is 28.0. The van der Waals surface area contributed by atoms with E-state index in [1.807, 2.05) is 21.3 Å². The Morgan fingerprint density at radius 1 is 0.577 bits per heavy atom. The fraction of sp³-hybridized carbons (Fsp3) is 0.167. The zero-order chi connectivity index (χ0) is 19.7. The van der Waals surface area contributed by atoms with E-state index in [0.717, 1.165) is 24.8 Å². The molecule has 0 aromatic carbocycles. The second-order valence-corrected chi connectivity index (χ2v) is 4.52. The quantitative estimate of drug-likeness (QED) is 0.204. The maximum atomic E-state index is 10.3. The third-order valence-corrected chi connectivity index (χ3v) is 2.38. The third-order valence-electron chi connectivity index (χ3n) is 2.38. The maximum Gasteiger partial charge on any atom is 0.328 e. The first-order valence-corrected chi connectivity index (χ1v) is 6.70.